The van der Waals surface area contributed by atoms with E-state index in [9.17, 15) is 30.3 Å². The van der Waals surface area contributed by atoms with Gasteiger partial charge in [0.1, 0.15) is 24.4 Å². The summed E-state index contributed by atoms with van der Waals surface area (Å²) in [5, 5.41) is 54.2. The highest BCUT2D eigenvalue weighted by molar-refractivity contribution is 5.76. The van der Waals surface area contributed by atoms with E-state index in [1.807, 2.05) is 6.08 Å². The molecule has 1 amide bonds. The number of ether oxygens (including phenoxy) is 2. The van der Waals surface area contributed by atoms with Crippen molar-refractivity contribution in [3.63, 3.8) is 0 Å². The molecule has 1 heterocycles. The van der Waals surface area contributed by atoms with E-state index in [2.05, 4.69) is 67.8 Å². The average Bonchev–Trinajstić information content (AvgIpc) is 3.40. The molecule has 1 aliphatic rings. The van der Waals surface area contributed by atoms with Gasteiger partial charge in [-0.05, 0) is 70.6 Å². The Hall–Kier alpha value is -2.11. The molecule has 432 valence electrons. The van der Waals surface area contributed by atoms with Gasteiger partial charge in [-0.15, -0.1) is 0 Å². The topological polar surface area (TPSA) is 149 Å². The fraction of sp³-hybridized carbons (Fsp3) is 0.831. The first-order chi connectivity index (χ1) is 36.3. The first-order valence-electron chi connectivity index (χ1n) is 31.5. The molecule has 9 nitrogen and oxygen atoms in total. The van der Waals surface area contributed by atoms with Crippen LogP contribution in [0.5, 0.6) is 0 Å². The summed E-state index contributed by atoms with van der Waals surface area (Å²) in [7, 11) is 0. The summed E-state index contributed by atoms with van der Waals surface area (Å²) in [4.78, 5) is 13.0. The fourth-order valence-electron chi connectivity index (χ4n) is 9.88. The van der Waals surface area contributed by atoms with Crippen molar-refractivity contribution in [2.45, 2.75) is 333 Å². The molecule has 0 spiro atoms. The van der Waals surface area contributed by atoms with Crippen LogP contribution in [0.1, 0.15) is 290 Å². The smallest absolute Gasteiger partial charge is 0.220 e. The van der Waals surface area contributed by atoms with Crippen molar-refractivity contribution in [3.8, 4) is 0 Å². The molecule has 6 N–H and O–H groups in total. The molecule has 7 atom stereocenters. The number of rotatable bonds is 54. The molecule has 0 aromatic rings. The van der Waals surface area contributed by atoms with Crippen LogP contribution in [0, 0.1) is 0 Å². The van der Waals surface area contributed by atoms with Crippen LogP contribution in [0.4, 0.5) is 0 Å². The summed E-state index contributed by atoms with van der Waals surface area (Å²) in [6.45, 7) is 3.63. The highest BCUT2D eigenvalue weighted by atomic mass is 16.7. The lowest BCUT2D eigenvalue weighted by Gasteiger charge is -2.40. The number of aliphatic hydroxyl groups excluding tert-OH is 5. The Labute approximate surface area is 456 Å². The monoisotopic (exact) mass is 1040 g/mol. The van der Waals surface area contributed by atoms with Crippen molar-refractivity contribution in [1.82, 2.24) is 5.32 Å². The second-order valence-corrected chi connectivity index (χ2v) is 21.8. The molecule has 0 aromatic heterocycles. The lowest BCUT2D eigenvalue weighted by Crippen LogP contribution is -2.60. The van der Waals surface area contributed by atoms with Crippen molar-refractivity contribution in [2.24, 2.45) is 0 Å². The Morgan fingerprint density at radius 2 is 0.851 bits per heavy atom. The van der Waals surface area contributed by atoms with Gasteiger partial charge in [-0.3, -0.25) is 4.79 Å². The standard InChI is InChI=1S/C65H119NO8/c1-3-5-7-9-11-13-15-16-17-18-19-20-21-22-23-24-25-26-27-28-29-30-31-32-33-34-35-36-37-38-39-40-41-42-43-44-45-47-49-51-53-55-61(69)66-58(57-73-65-64(72)63(71)62(70)60(56-67)74-65)59(68)54-52-50-48-46-14-12-10-8-6-4-2/h6,8,14-16,18-19,46,52,54,58-60,62-65,67-68,70-72H,3-5,7,9-13,17,20-45,47-51,53,55-57H2,1-2H3,(H,66,69)/b8-6+,16-15-,19-18-,46-14+,54-52+. The van der Waals surface area contributed by atoms with Gasteiger partial charge in [0.05, 0.1) is 25.4 Å². The molecule has 9 heteroatoms. The number of hydrogen-bond donors (Lipinski definition) is 6. The molecule has 74 heavy (non-hydrogen) atoms. The molecule has 1 rings (SSSR count). The molecule has 1 fully saturated rings. The summed E-state index contributed by atoms with van der Waals surface area (Å²) in [5.74, 6) is -0.190. The predicted molar refractivity (Wildman–Crippen MR) is 313 cm³/mol. The summed E-state index contributed by atoms with van der Waals surface area (Å²) < 4.78 is 11.2. The SMILES string of the molecule is CC/C=C/CC/C=C/CC/C=C/C(O)C(COC1OC(CO)C(O)C(O)C1O)NC(=O)CCCCCCCCCCCCCCCCCCCCCCCCCCCCCCC/C=C\C/C=C\CCCCCCC. The summed E-state index contributed by atoms with van der Waals surface area (Å²) >= 11 is 0. The maximum atomic E-state index is 13.0. The third-order valence-electron chi connectivity index (χ3n) is 14.8. The van der Waals surface area contributed by atoms with E-state index in [0.29, 0.717) is 6.42 Å². The predicted octanol–water partition coefficient (Wildman–Crippen LogP) is 16.2. The lowest BCUT2D eigenvalue weighted by atomic mass is 9.99. The molecule has 1 saturated heterocycles. The number of unbranched alkanes of at least 4 members (excludes halogenated alkanes) is 36. The van der Waals surface area contributed by atoms with Crippen LogP contribution in [0.3, 0.4) is 0 Å². The Bertz CT molecular complexity index is 1350. The minimum atomic E-state index is -1.57. The molecule has 0 bridgehead atoms. The maximum Gasteiger partial charge on any atom is 0.220 e. The van der Waals surface area contributed by atoms with Crippen LogP contribution in [-0.2, 0) is 14.3 Å². The van der Waals surface area contributed by atoms with Crippen molar-refractivity contribution < 1.29 is 39.8 Å². The third kappa shape index (κ3) is 42.9. The van der Waals surface area contributed by atoms with Crippen molar-refractivity contribution in [1.29, 1.82) is 0 Å². The van der Waals surface area contributed by atoms with E-state index in [-0.39, 0.29) is 12.5 Å². The van der Waals surface area contributed by atoms with Gasteiger partial charge in [0.25, 0.3) is 0 Å². The Morgan fingerprint density at radius 1 is 0.473 bits per heavy atom. The van der Waals surface area contributed by atoms with Crippen molar-refractivity contribution >= 4 is 5.91 Å². The molecule has 1 aliphatic heterocycles. The number of carbonyl (C=O) groups is 1. The van der Waals surface area contributed by atoms with Crippen LogP contribution in [0.25, 0.3) is 0 Å². The molecular formula is C65H119NO8. The number of amides is 1. The van der Waals surface area contributed by atoms with E-state index in [0.717, 1.165) is 57.8 Å². The van der Waals surface area contributed by atoms with E-state index >= 15 is 0 Å². The third-order valence-corrected chi connectivity index (χ3v) is 14.8. The number of carbonyl (C=O) groups excluding carboxylic acids is 1. The normalized spacial score (nSPS) is 19.4. The summed E-state index contributed by atoms with van der Waals surface area (Å²) in [6, 6.07) is -0.826. The van der Waals surface area contributed by atoms with Gasteiger partial charge in [0.15, 0.2) is 6.29 Å². The zero-order valence-electron chi connectivity index (χ0n) is 48.1. The molecule has 0 aliphatic carbocycles. The van der Waals surface area contributed by atoms with E-state index in [4.69, 9.17) is 9.47 Å². The minimum Gasteiger partial charge on any atom is -0.394 e. The maximum absolute atomic E-state index is 13.0. The van der Waals surface area contributed by atoms with Crippen LogP contribution in [-0.4, -0.2) is 87.5 Å². The minimum absolute atomic E-state index is 0.190. The quantitative estimate of drug-likeness (QED) is 0.0261. The molecule has 0 aromatic carbocycles. The van der Waals surface area contributed by atoms with Gasteiger partial charge in [-0.2, -0.15) is 0 Å². The zero-order valence-corrected chi connectivity index (χ0v) is 48.1. The highest BCUT2D eigenvalue weighted by Gasteiger charge is 2.44. The Morgan fingerprint density at radius 3 is 1.27 bits per heavy atom. The van der Waals surface area contributed by atoms with Crippen molar-refractivity contribution in [2.75, 3.05) is 13.2 Å². The van der Waals surface area contributed by atoms with E-state index in [1.165, 1.54) is 212 Å². The average molecular weight is 1040 g/mol. The molecule has 7 unspecified atom stereocenters. The Kier molecular flexibility index (Phi) is 51.3. The first kappa shape index (κ1) is 69.9. The van der Waals surface area contributed by atoms with Crippen LogP contribution in [0.2, 0.25) is 0 Å². The Balaban J connectivity index is 1.98. The second kappa shape index (κ2) is 54.3. The van der Waals surface area contributed by atoms with Gasteiger partial charge < -0.3 is 40.3 Å². The van der Waals surface area contributed by atoms with Gasteiger partial charge in [0, 0.05) is 6.42 Å². The second-order valence-electron chi connectivity index (χ2n) is 21.8. The van der Waals surface area contributed by atoms with E-state index in [1.54, 1.807) is 6.08 Å². The van der Waals surface area contributed by atoms with Gasteiger partial charge in [-0.1, -0.05) is 274 Å². The van der Waals surface area contributed by atoms with Gasteiger partial charge in [-0.25, -0.2) is 0 Å². The van der Waals surface area contributed by atoms with Crippen LogP contribution < -0.4 is 5.32 Å². The largest absolute Gasteiger partial charge is 0.394 e. The van der Waals surface area contributed by atoms with E-state index < -0.39 is 49.5 Å². The van der Waals surface area contributed by atoms with Crippen LogP contribution >= 0.6 is 0 Å². The van der Waals surface area contributed by atoms with Crippen LogP contribution in [0.15, 0.2) is 60.8 Å². The molecule has 0 radical (unpaired) electrons. The lowest BCUT2D eigenvalue weighted by molar-refractivity contribution is -0.302. The number of hydrogen-bond acceptors (Lipinski definition) is 8. The zero-order chi connectivity index (χ0) is 53.6. The highest BCUT2D eigenvalue weighted by Crippen LogP contribution is 2.23. The van der Waals surface area contributed by atoms with Gasteiger partial charge >= 0.3 is 0 Å². The number of aliphatic hydroxyl groups is 5. The molecule has 0 saturated carbocycles. The number of nitrogens with one attached hydrogen (secondary N) is 1. The fourth-order valence-corrected chi connectivity index (χ4v) is 9.88. The van der Waals surface area contributed by atoms with Crippen molar-refractivity contribution in [3.05, 3.63) is 60.8 Å². The number of allylic oxidation sites excluding steroid dienone is 9. The van der Waals surface area contributed by atoms with Gasteiger partial charge in [0.2, 0.25) is 5.91 Å². The first-order valence-corrected chi connectivity index (χ1v) is 31.5. The summed E-state index contributed by atoms with van der Waals surface area (Å²) in [6.07, 6.45) is 67.9. The summed E-state index contributed by atoms with van der Waals surface area (Å²) in [5.41, 5.74) is 0. The molecular weight excluding hydrogens is 923 g/mol.